The number of hydrogen-bond donors (Lipinski definition) is 2. The van der Waals surface area contributed by atoms with Crippen LogP contribution in [-0.4, -0.2) is 12.9 Å². The summed E-state index contributed by atoms with van der Waals surface area (Å²) >= 11 is 0. The zero-order chi connectivity index (χ0) is 15.6. The molecule has 3 N–H and O–H groups in total. The number of benzene rings is 2. The predicted molar refractivity (Wildman–Crippen MR) is 80.7 cm³/mol. The maximum atomic E-state index is 14.1. The molecular formula is C16H17F2N3. The van der Waals surface area contributed by atoms with E-state index in [2.05, 4.69) is 0 Å². The number of nitrogens with one attached hydrogen (secondary N) is 1. The highest BCUT2D eigenvalue weighted by Gasteiger charge is 2.17. The van der Waals surface area contributed by atoms with Gasteiger partial charge in [0, 0.05) is 19.2 Å². The third-order valence-electron chi connectivity index (χ3n) is 3.38. The lowest BCUT2D eigenvalue weighted by molar-refractivity contribution is 0.576. The fraction of sp³-hybridized carbons (Fsp3) is 0.188. The fourth-order valence-electron chi connectivity index (χ4n) is 2.21. The van der Waals surface area contributed by atoms with Crippen molar-refractivity contribution >= 4 is 11.5 Å². The number of halogens is 2. The molecule has 0 aliphatic carbocycles. The molecule has 2 aromatic rings. The number of nitrogen functional groups attached to an aromatic ring is 1. The summed E-state index contributed by atoms with van der Waals surface area (Å²) in [4.78, 5) is 1.51. The largest absolute Gasteiger partial charge is 0.384 e. The number of amidine groups is 1. The average molecular weight is 289 g/mol. The van der Waals surface area contributed by atoms with Crippen molar-refractivity contribution in [1.82, 2.24) is 0 Å². The molecule has 2 aromatic carbocycles. The van der Waals surface area contributed by atoms with Crippen LogP contribution in [0.3, 0.4) is 0 Å². The van der Waals surface area contributed by atoms with Crippen LogP contribution in [0.2, 0.25) is 0 Å². The maximum Gasteiger partial charge on any atom is 0.150 e. The van der Waals surface area contributed by atoms with Gasteiger partial charge in [0.1, 0.15) is 23.2 Å². The molecule has 0 bridgehead atoms. The van der Waals surface area contributed by atoms with Crippen LogP contribution in [0.15, 0.2) is 36.4 Å². The molecule has 0 aromatic heterocycles. The standard InChI is InChI=1S/C16H17F2N3/c1-10-5-3-4-6-11(10)9-21(2)15-13(17)7-12(16(19)20)8-14(15)18/h3-8H,9H2,1-2H3,(H3,19,20). The van der Waals surface area contributed by atoms with Gasteiger partial charge < -0.3 is 10.6 Å². The molecule has 21 heavy (non-hydrogen) atoms. The van der Waals surface area contributed by atoms with Crippen LogP contribution in [0.25, 0.3) is 0 Å². The monoisotopic (exact) mass is 289 g/mol. The molecule has 0 unspecified atom stereocenters. The van der Waals surface area contributed by atoms with Crippen LogP contribution in [0.4, 0.5) is 14.5 Å². The highest BCUT2D eigenvalue weighted by Crippen LogP contribution is 2.25. The summed E-state index contributed by atoms with van der Waals surface area (Å²) in [6, 6.07) is 9.84. The molecule has 0 spiro atoms. The third kappa shape index (κ3) is 3.18. The number of aryl methyl sites for hydroxylation is 1. The van der Waals surface area contributed by atoms with Crippen molar-refractivity contribution in [3.8, 4) is 0 Å². The van der Waals surface area contributed by atoms with Gasteiger partial charge in [-0.25, -0.2) is 8.78 Å². The molecule has 0 aliphatic rings. The van der Waals surface area contributed by atoms with Crippen molar-refractivity contribution in [2.45, 2.75) is 13.5 Å². The summed E-state index contributed by atoms with van der Waals surface area (Å²) < 4.78 is 28.2. The normalized spacial score (nSPS) is 10.5. The minimum atomic E-state index is -0.726. The SMILES string of the molecule is Cc1ccccc1CN(C)c1c(F)cc(C(=N)N)cc1F. The Morgan fingerprint density at radius 1 is 1.19 bits per heavy atom. The number of nitrogens with two attached hydrogens (primary N) is 1. The molecule has 0 saturated carbocycles. The second-order valence-corrected chi connectivity index (χ2v) is 4.98. The molecule has 0 heterocycles. The first-order valence-electron chi connectivity index (χ1n) is 6.49. The van der Waals surface area contributed by atoms with Gasteiger partial charge in [-0.3, -0.25) is 5.41 Å². The summed E-state index contributed by atoms with van der Waals surface area (Å²) in [6.07, 6.45) is 0. The molecule has 0 saturated heterocycles. The summed E-state index contributed by atoms with van der Waals surface area (Å²) in [5.41, 5.74) is 7.23. The van der Waals surface area contributed by atoms with E-state index in [1.807, 2.05) is 31.2 Å². The van der Waals surface area contributed by atoms with Gasteiger partial charge in [-0.2, -0.15) is 0 Å². The van der Waals surface area contributed by atoms with Crippen molar-refractivity contribution in [2.24, 2.45) is 5.73 Å². The first-order chi connectivity index (χ1) is 9.90. The van der Waals surface area contributed by atoms with Crippen molar-refractivity contribution < 1.29 is 8.78 Å². The van der Waals surface area contributed by atoms with Crippen LogP contribution >= 0.6 is 0 Å². The van der Waals surface area contributed by atoms with E-state index in [0.717, 1.165) is 23.3 Å². The molecule has 2 rings (SSSR count). The van der Waals surface area contributed by atoms with Crippen LogP contribution in [0.1, 0.15) is 16.7 Å². The first kappa shape index (κ1) is 15.0. The highest BCUT2D eigenvalue weighted by atomic mass is 19.1. The van der Waals surface area contributed by atoms with Crippen LogP contribution in [0, 0.1) is 24.0 Å². The molecule has 0 amide bonds. The zero-order valence-electron chi connectivity index (χ0n) is 12.0. The Morgan fingerprint density at radius 2 is 1.76 bits per heavy atom. The van der Waals surface area contributed by atoms with Gasteiger partial charge in [-0.05, 0) is 30.2 Å². The average Bonchev–Trinajstić information content (AvgIpc) is 2.40. The highest BCUT2D eigenvalue weighted by molar-refractivity contribution is 5.95. The Bertz CT molecular complexity index is 660. The van der Waals surface area contributed by atoms with Gasteiger partial charge >= 0.3 is 0 Å². The first-order valence-corrected chi connectivity index (χ1v) is 6.49. The Labute approximate surface area is 122 Å². The summed E-state index contributed by atoms with van der Waals surface area (Å²) in [5, 5.41) is 7.24. The van der Waals surface area contributed by atoms with E-state index in [-0.39, 0.29) is 17.1 Å². The second-order valence-electron chi connectivity index (χ2n) is 4.98. The quantitative estimate of drug-likeness (QED) is 0.671. The van der Waals surface area contributed by atoms with E-state index in [9.17, 15) is 8.78 Å². The van der Waals surface area contributed by atoms with Gasteiger partial charge in [0.15, 0.2) is 0 Å². The number of nitrogens with zero attached hydrogens (tertiary/aromatic N) is 1. The molecule has 0 radical (unpaired) electrons. The molecule has 5 heteroatoms. The maximum absolute atomic E-state index is 14.1. The van der Waals surface area contributed by atoms with E-state index in [1.54, 1.807) is 7.05 Å². The summed E-state index contributed by atoms with van der Waals surface area (Å²) in [7, 11) is 1.63. The van der Waals surface area contributed by atoms with Crippen molar-refractivity contribution in [3.63, 3.8) is 0 Å². The van der Waals surface area contributed by atoms with E-state index in [4.69, 9.17) is 11.1 Å². The topological polar surface area (TPSA) is 53.1 Å². The second kappa shape index (κ2) is 5.91. The minimum absolute atomic E-state index is 0.0399. The third-order valence-corrected chi connectivity index (χ3v) is 3.38. The number of rotatable bonds is 4. The molecule has 110 valence electrons. The van der Waals surface area contributed by atoms with E-state index >= 15 is 0 Å². The molecule has 3 nitrogen and oxygen atoms in total. The van der Waals surface area contributed by atoms with Gasteiger partial charge in [-0.1, -0.05) is 24.3 Å². The van der Waals surface area contributed by atoms with Crippen molar-refractivity contribution in [2.75, 3.05) is 11.9 Å². The fourth-order valence-corrected chi connectivity index (χ4v) is 2.21. The van der Waals surface area contributed by atoms with Gasteiger partial charge in [0.05, 0.1) is 0 Å². The molecule has 0 atom stereocenters. The van der Waals surface area contributed by atoms with Crippen LogP contribution < -0.4 is 10.6 Å². The van der Waals surface area contributed by atoms with Gasteiger partial charge in [0.2, 0.25) is 0 Å². The molecular weight excluding hydrogens is 272 g/mol. The smallest absolute Gasteiger partial charge is 0.150 e. The zero-order valence-corrected chi connectivity index (χ0v) is 12.0. The molecule has 0 aliphatic heterocycles. The lowest BCUT2D eigenvalue weighted by atomic mass is 10.1. The summed E-state index contributed by atoms with van der Waals surface area (Å²) in [6.45, 7) is 2.34. The predicted octanol–water partition coefficient (Wildman–Crippen LogP) is 3.19. The minimum Gasteiger partial charge on any atom is -0.384 e. The Hall–Kier alpha value is -2.43. The Balaban J connectivity index is 2.34. The van der Waals surface area contributed by atoms with Gasteiger partial charge in [-0.15, -0.1) is 0 Å². The van der Waals surface area contributed by atoms with E-state index < -0.39 is 11.6 Å². The van der Waals surface area contributed by atoms with E-state index in [0.29, 0.717) is 6.54 Å². The van der Waals surface area contributed by atoms with E-state index in [1.165, 1.54) is 4.90 Å². The van der Waals surface area contributed by atoms with Crippen molar-refractivity contribution in [1.29, 1.82) is 5.41 Å². The lowest BCUT2D eigenvalue weighted by Gasteiger charge is -2.22. The Morgan fingerprint density at radius 3 is 2.29 bits per heavy atom. The van der Waals surface area contributed by atoms with Gasteiger partial charge in [0.25, 0.3) is 0 Å². The number of anilines is 1. The summed E-state index contributed by atoms with van der Waals surface area (Å²) in [5.74, 6) is -1.81. The van der Waals surface area contributed by atoms with Crippen LogP contribution in [-0.2, 0) is 6.54 Å². The lowest BCUT2D eigenvalue weighted by Crippen LogP contribution is -2.21. The number of hydrogen-bond acceptors (Lipinski definition) is 2. The van der Waals surface area contributed by atoms with Crippen molar-refractivity contribution in [3.05, 3.63) is 64.7 Å². The molecule has 0 fully saturated rings. The van der Waals surface area contributed by atoms with Crippen LogP contribution in [0.5, 0.6) is 0 Å². The Kier molecular flexibility index (Phi) is 4.21.